The second-order valence-corrected chi connectivity index (χ2v) is 9.10. The number of rotatable bonds is 0. The molecule has 2 aliphatic heterocycles. The molecule has 3 aromatic carbocycles. The van der Waals surface area contributed by atoms with Gasteiger partial charge in [-0.25, -0.2) is 0 Å². The van der Waals surface area contributed by atoms with E-state index in [9.17, 15) is 10.2 Å². The molecule has 4 atom stereocenters. The first-order chi connectivity index (χ1) is 14.7. The Kier molecular flexibility index (Phi) is 3.17. The lowest BCUT2D eigenvalue weighted by Gasteiger charge is -2.32. The monoisotopic (exact) mass is 394 g/mol. The van der Waals surface area contributed by atoms with Crippen molar-refractivity contribution in [3.05, 3.63) is 70.4 Å². The van der Waals surface area contributed by atoms with Crippen LogP contribution in [0.1, 0.15) is 35.8 Å². The van der Waals surface area contributed by atoms with Crippen LogP contribution >= 0.6 is 0 Å². The third-order valence-corrected chi connectivity index (χ3v) is 7.65. The Hall–Kier alpha value is -3.14. The van der Waals surface area contributed by atoms with Crippen molar-refractivity contribution in [2.75, 3.05) is 13.1 Å². The molecule has 0 amide bonds. The minimum Gasteiger partial charge on any atom is -0.507 e. The molecule has 4 heteroatoms. The van der Waals surface area contributed by atoms with Crippen LogP contribution in [0.5, 0.6) is 11.5 Å². The molecule has 148 valence electrons. The average Bonchev–Trinajstić information content (AvgIpc) is 3.45. The van der Waals surface area contributed by atoms with Crippen LogP contribution in [-0.4, -0.2) is 23.3 Å². The highest BCUT2D eigenvalue weighted by atomic mass is 16.3. The van der Waals surface area contributed by atoms with Gasteiger partial charge in [0, 0.05) is 35.7 Å². The van der Waals surface area contributed by atoms with E-state index in [1.54, 1.807) is 0 Å². The van der Waals surface area contributed by atoms with Crippen molar-refractivity contribution < 1.29 is 10.2 Å². The second kappa shape index (κ2) is 5.72. The quantitative estimate of drug-likeness (QED) is 0.344. The van der Waals surface area contributed by atoms with Gasteiger partial charge in [0.05, 0.1) is 21.5 Å². The van der Waals surface area contributed by atoms with Gasteiger partial charge in [-0.05, 0) is 35.8 Å². The molecule has 0 aromatic heterocycles. The lowest BCUT2D eigenvalue weighted by Crippen LogP contribution is -2.36. The minimum absolute atomic E-state index is 0.209. The van der Waals surface area contributed by atoms with Gasteiger partial charge < -0.3 is 10.2 Å². The maximum atomic E-state index is 11.4. The highest BCUT2D eigenvalue weighted by Gasteiger charge is 2.39. The first-order valence-electron chi connectivity index (χ1n) is 10.9. The molecule has 2 heterocycles. The van der Waals surface area contributed by atoms with Crippen LogP contribution in [0.4, 0.5) is 0 Å². The molecule has 0 fully saturated rings. The minimum atomic E-state index is 0.209. The number of hydrogen-bond acceptors (Lipinski definition) is 4. The van der Waals surface area contributed by atoms with E-state index in [2.05, 4.69) is 24.3 Å². The zero-order valence-corrected chi connectivity index (χ0v) is 16.5. The number of aromatic hydroxyl groups is 2. The Balaban J connectivity index is 1.77. The Morgan fingerprint density at radius 1 is 0.700 bits per heavy atom. The van der Waals surface area contributed by atoms with E-state index in [4.69, 9.17) is 9.98 Å². The third kappa shape index (κ3) is 1.92. The fourth-order valence-electron chi connectivity index (χ4n) is 6.26. The summed E-state index contributed by atoms with van der Waals surface area (Å²) in [6.45, 7) is 1.51. The summed E-state index contributed by atoms with van der Waals surface area (Å²) < 4.78 is 0. The smallest absolute Gasteiger partial charge is 0.133 e. The van der Waals surface area contributed by atoms with Crippen LogP contribution in [0, 0.1) is 11.8 Å². The van der Waals surface area contributed by atoms with Crippen LogP contribution in [0.25, 0.3) is 21.5 Å². The summed E-state index contributed by atoms with van der Waals surface area (Å²) in [7, 11) is 0. The molecule has 0 saturated carbocycles. The van der Waals surface area contributed by atoms with Gasteiger partial charge in [-0.2, -0.15) is 0 Å². The van der Waals surface area contributed by atoms with Gasteiger partial charge in [0.15, 0.2) is 0 Å². The average molecular weight is 394 g/mol. The second-order valence-electron chi connectivity index (χ2n) is 9.10. The topological polar surface area (TPSA) is 65.2 Å². The van der Waals surface area contributed by atoms with Crippen molar-refractivity contribution in [3.63, 3.8) is 0 Å². The molecule has 2 N–H and O–H groups in total. The number of allylic oxidation sites excluding steroid dienone is 4. The number of hydrogen-bond donors (Lipinski definition) is 2. The van der Waals surface area contributed by atoms with Crippen molar-refractivity contribution >= 4 is 21.5 Å². The SMILES string of the molecule is Oc1c2ccccc2c(O)c2c3c(c4c(c12)=NC[C@@H]1CC=C[C@H]41)[C@H]1C=CC[C@H]1CN=3. The summed E-state index contributed by atoms with van der Waals surface area (Å²) in [6.07, 6.45) is 11.3. The van der Waals surface area contributed by atoms with E-state index in [0.717, 1.165) is 36.6 Å². The van der Waals surface area contributed by atoms with E-state index in [0.29, 0.717) is 45.2 Å². The lowest BCUT2D eigenvalue weighted by molar-refractivity contribution is 0.459. The van der Waals surface area contributed by atoms with Crippen molar-refractivity contribution in [2.24, 2.45) is 21.8 Å². The molecule has 2 aliphatic carbocycles. The van der Waals surface area contributed by atoms with Crippen LogP contribution in [0.15, 0.2) is 58.6 Å². The van der Waals surface area contributed by atoms with E-state index in [1.807, 2.05) is 24.3 Å². The van der Waals surface area contributed by atoms with Crippen LogP contribution in [-0.2, 0) is 0 Å². The summed E-state index contributed by atoms with van der Waals surface area (Å²) in [6, 6.07) is 7.51. The van der Waals surface area contributed by atoms with Gasteiger partial charge in [0.25, 0.3) is 0 Å². The number of benzene rings is 3. The molecular formula is C26H22N2O2. The molecule has 0 spiro atoms. The molecule has 3 aromatic rings. The standard InChI is InChI=1S/C26H22N2O2/c29-25-17-7-1-2-8-18(17)26(30)22-21(25)23-19(15-9-3-5-13(15)11-27-23)20-16-10-4-6-14(16)12-28-24(20)22/h1-4,7-10,13-16,29-30H,5-6,11-12H2/t13-,14-,15-,16-/m0/s1. The predicted octanol–water partition coefficient (Wildman–Crippen LogP) is 3.99. The zero-order valence-electron chi connectivity index (χ0n) is 16.5. The maximum Gasteiger partial charge on any atom is 0.133 e. The molecule has 0 unspecified atom stereocenters. The highest BCUT2D eigenvalue weighted by Crippen LogP contribution is 2.46. The maximum absolute atomic E-state index is 11.4. The van der Waals surface area contributed by atoms with E-state index < -0.39 is 0 Å². The van der Waals surface area contributed by atoms with E-state index in [1.165, 1.54) is 11.1 Å². The molecule has 4 nitrogen and oxygen atoms in total. The highest BCUT2D eigenvalue weighted by molar-refractivity contribution is 6.10. The summed E-state index contributed by atoms with van der Waals surface area (Å²) >= 11 is 0. The number of nitrogens with zero attached hydrogens (tertiary/aromatic N) is 2. The van der Waals surface area contributed by atoms with Crippen molar-refractivity contribution in [1.82, 2.24) is 0 Å². The number of fused-ring (bicyclic) bond motifs is 11. The number of phenolic OH excluding ortho intramolecular Hbond substituents is 2. The van der Waals surface area contributed by atoms with Crippen LogP contribution in [0.3, 0.4) is 0 Å². The Morgan fingerprint density at radius 3 is 1.63 bits per heavy atom. The predicted molar refractivity (Wildman–Crippen MR) is 117 cm³/mol. The van der Waals surface area contributed by atoms with Gasteiger partial charge >= 0.3 is 0 Å². The largest absolute Gasteiger partial charge is 0.507 e. The lowest BCUT2D eigenvalue weighted by atomic mass is 9.75. The fraction of sp³-hybridized carbons (Fsp3) is 0.308. The van der Waals surface area contributed by atoms with E-state index in [-0.39, 0.29) is 11.5 Å². The molecule has 0 bridgehead atoms. The summed E-state index contributed by atoms with van der Waals surface area (Å²) in [4.78, 5) is 10.0. The summed E-state index contributed by atoms with van der Waals surface area (Å²) in [5, 5.41) is 27.2. The van der Waals surface area contributed by atoms with Crippen LogP contribution in [0.2, 0.25) is 0 Å². The molecule has 7 rings (SSSR count). The van der Waals surface area contributed by atoms with Gasteiger partial charge in [-0.1, -0.05) is 48.6 Å². The Bertz CT molecular complexity index is 1340. The van der Waals surface area contributed by atoms with Gasteiger partial charge in [0.2, 0.25) is 0 Å². The molecule has 4 aliphatic rings. The Morgan fingerprint density at radius 2 is 1.17 bits per heavy atom. The summed E-state index contributed by atoms with van der Waals surface area (Å²) in [5.74, 6) is 2.02. The van der Waals surface area contributed by atoms with Crippen molar-refractivity contribution in [1.29, 1.82) is 0 Å². The normalized spacial score (nSPS) is 28.0. The first-order valence-corrected chi connectivity index (χ1v) is 10.9. The van der Waals surface area contributed by atoms with Gasteiger partial charge in [-0.15, -0.1) is 0 Å². The molecule has 0 saturated heterocycles. The van der Waals surface area contributed by atoms with Crippen molar-refractivity contribution in [3.8, 4) is 11.5 Å². The van der Waals surface area contributed by atoms with Crippen LogP contribution < -0.4 is 10.7 Å². The molecular weight excluding hydrogens is 372 g/mol. The van der Waals surface area contributed by atoms with E-state index >= 15 is 0 Å². The van der Waals surface area contributed by atoms with Gasteiger partial charge in [-0.3, -0.25) is 9.98 Å². The van der Waals surface area contributed by atoms with Gasteiger partial charge in [0.1, 0.15) is 11.5 Å². The first kappa shape index (κ1) is 16.6. The third-order valence-electron chi connectivity index (χ3n) is 7.65. The fourth-order valence-corrected chi connectivity index (χ4v) is 6.26. The molecule has 0 radical (unpaired) electrons. The zero-order chi connectivity index (χ0) is 20.0. The molecule has 30 heavy (non-hydrogen) atoms. The number of phenols is 2. The Labute approximate surface area is 173 Å². The van der Waals surface area contributed by atoms with Crippen molar-refractivity contribution in [2.45, 2.75) is 24.7 Å². The summed E-state index contributed by atoms with van der Waals surface area (Å²) in [5.41, 5.74) is 2.47.